The fourth-order valence-electron chi connectivity index (χ4n) is 2.48. The van der Waals surface area contributed by atoms with Gasteiger partial charge in [-0.15, -0.1) is 0 Å². The molecule has 1 fully saturated rings. The standard InChI is InChI=1S/C13H19BrN2O2S/c1-15-9-11-4-3-7-16(10-11)19(17,18)13-6-2-5-12(14)8-13/h2,5-6,8,11,15H,3-4,7,9-10H2,1H3/t11-/m0/s1. The van der Waals surface area contributed by atoms with E-state index in [2.05, 4.69) is 21.2 Å². The summed E-state index contributed by atoms with van der Waals surface area (Å²) in [5, 5.41) is 3.13. The Hall–Kier alpha value is -0.430. The zero-order valence-electron chi connectivity index (χ0n) is 11.0. The monoisotopic (exact) mass is 346 g/mol. The molecule has 0 amide bonds. The van der Waals surface area contributed by atoms with Gasteiger partial charge in [-0.25, -0.2) is 8.42 Å². The van der Waals surface area contributed by atoms with E-state index in [4.69, 9.17) is 0 Å². The Morgan fingerprint density at radius 2 is 2.26 bits per heavy atom. The smallest absolute Gasteiger partial charge is 0.243 e. The predicted molar refractivity (Wildman–Crippen MR) is 79.6 cm³/mol. The summed E-state index contributed by atoms with van der Waals surface area (Å²) in [6.07, 6.45) is 2.02. The minimum absolute atomic E-state index is 0.368. The minimum atomic E-state index is -3.36. The molecule has 106 valence electrons. The average molecular weight is 347 g/mol. The number of sulfonamides is 1. The van der Waals surface area contributed by atoms with E-state index in [-0.39, 0.29) is 0 Å². The number of hydrogen-bond donors (Lipinski definition) is 1. The van der Waals surface area contributed by atoms with Gasteiger partial charge in [-0.3, -0.25) is 0 Å². The second-order valence-corrected chi connectivity index (χ2v) is 7.74. The van der Waals surface area contributed by atoms with Crippen molar-refractivity contribution in [3.8, 4) is 0 Å². The van der Waals surface area contributed by atoms with Crippen molar-refractivity contribution >= 4 is 26.0 Å². The molecule has 1 saturated heterocycles. The topological polar surface area (TPSA) is 49.4 Å². The zero-order valence-corrected chi connectivity index (χ0v) is 13.4. The van der Waals surface area contributed by atoms with Gasteiger partial charge in [0.25, 0.3) is 0 Å². The molecule has 2 rings (SSSR count). The number of rotatable bonds is 4. The first-order chi connectivity index (χ1) is 9.04. The van der Waals surface area contributed by atoms with Crippen LogP contribution < -0.4 is 5.32 Å². The van der Waals surface area contributed by atoms with Crippen LogP contribution in [0.4, 0.5) is 0 Å². The Morgan fingerprint density at radius 3 is 2.95 bits per heavy atom. The van der Waals surface area contributed by atoms with Crippen LogP contribution in [0.15, 0.2) is 33.6 Å². The fraction of sp³-hybridized carbons (Fsp3) is 0.538. The van der Waals surface area contributed by atoms with Crippen LogP contribution in [0.1, 0.15) is 12.8 Å². The molecule has 0 spiro atoms. The SMILES string of the molecule is CNC[C@@H]1CCCN(S(=O)(=O)c2cccc(Br)c2)C1. The molecule has 0 aromatic heterocycles. The highest BCUT2D eigenvalue weighted by Gasteiger charge is 2.29. The molecule has 0 radical (unpaired) electrons. The van der Waals surface area contributed by atoms with Gasteiger partial charge in [-0.2, -0.15) is 4.31 Å². The van der Waals surface area contributed by atoms with Gasteiger partial charge in [0.15, 0.2) is 0 Å². The highest BCUT2D eigenvalue weighted by Crippen LogP contribution is 2.25. The van der Waals surface area contributed by atoms with Crippen molar-refractivity contribution in [3.63, 3.8) is 0 Å². The van der Waals surface area contributed by atoms with Crippen LogP contribution in [-0.2, 0) is 10.0 Å². The van der Waals surface area contributed by atoms with Crippen molar-refractivity contribution in [3.05, 3.63) is 28.7 Å². The van der Waals surface area contributed by atoms with Gasteiger partial charge < -0.3 is 5.32 Å². The van der Waals surface area contributed by atoms with Crippen molar-refractivity contribution in [2.24, 2.45) is 5.92 Å². The third kappa shape index (κ3) is 3.56. The van der Waals surface area contributed by atoms with E-state index in [0.717, 1.165) is 23.9 Å². The molecule has 1 aliphatic heterocycles. The van der Waals surface area contributed by atoms with Crippen molar-refractivity contribution in [1.29, 1.82) is 0 Å². The van der Waals surface area contributed by atoms with E-state index in [1.165, 1.54) is 0 Å². The fourth-order valence-corrected chi connectivity index (χ4v) is 4.63. The quantitative estimate of drug-likeness (QED) is 0.907. The first kappa shape index (κ1) is 15.0. The molecule has 0 bridgehead atoms. The number of halogens is 1. The molecule has 4 nitrogen and oxygen atoms in total. The molecule has 1 aromatic rings. The van der Waals surface area contributed by atoms with Crippen molar-refractivity contribution < 1.29 is 8.42 Å². The van der Waals surface area contributed by atoms with Crippen molar-refractivity contribution in [2.75, 3.05) is 26.7 Å². The molecule has 6 heteroatoms. The number of benzene rings is 1. The maximum atomic E-state index is 12.6. The Kier molecular flexibility index (Phi) is 5.00. The lowest BCUT2D eigenvalue weighted by Crippen LogP contribution is -2.42. The Labute approximate surface area is 123 Å². The summed E-state index contributed by atoms with van der Waals surface area (Å²) in [5.74, 6) is 0.403. The van der Waals surface area contributed by atoms with Crippen LogP contribution in [0.5, 0.6) is 0 Å². The summed E-state index contributed by atoms with van der Waals surface area (Å²) in [7, 11) is -1.46. The van der Waals surface area contributed by atoms with Gasteiger partial charge >= 0.3 is 0 Å². The highest BCUT2D eigenvalue weighted by atomic mass is 79.9. The lowest BCUT2D eigenvalue weighted by atomic mass is 10.00. The summed E-state index contributed by atoms with van der Waals surface area (Å²) >= 11 is 3.32. The Bertz CT molecular complexity index is 531. The number of hydrogen-bond acceptors (Lipinski definition) is 3. The number of piperidine rings is 1. The lowest BCUT2D eigenvalue weighted by molar-refractivity contribution is 0.263. The molecule has 0 saturated carbocycles. The maximum Gasteiger partial charge on any atom is 0.243 e. The molecule has 1 aliphatic rings. The van der Waals surface area contributed by atoms with E-state index in [1.807, 2.05) is 13.1 Å². The first-order valence-electron chi connectivity index (χ1n) is 6.44. The van der Waals surface area contributed by atoms with E-state index in [0.29, 0.717) is 23.9 Å². The van der Waals surface area contributed by atoms with Crippen LogP contribution >= 0.6 is 15.9 Å². The minimum Gasteiger partial charge on any atom is -0.319 e. The number of nitrogens with one attached hydrogen (secondary N) is 1. The summed E-state index contributed by atoms with van der Waals surface area (Å²) in [5.41, 5.74) is 0. The second kappa shape index (κ2) is 6.35. The molecular formula is C13H19BrN2O2S. The van der Waals surface area contributed by atoms with Gasteiger partial charge in [-0.1, -0.05) is 22.0 Å². The van der Waals surface area contributed by atoms with Crippen molar-refractivity contribution in [2.45, 2.75) is 17.7 Å². The zero-order chi connectivity index (χ0) is 13.9. The largest absolute Gasteiger partial charge is 0.319 e. The molecule has 0 unspecified atom stereocenters. The van der Waals surface area contributed by atoms with Crippen LogP contribution in [0, 0.1) is 5.92 Å². The lowest BCUT2D eigenvalue weighted by Gasteiger charge is -2.31. The molecule has 1 aromatic carbocycles. The van der Waals surface area contributed by atoms with Crippen LogP contribution in [0.25, 0.3) is 0 Å². The predicted octanol–water partition coefficient (Wildman–Crippen LogP) is 2.07. The van der Waals surface area contributed by atoms with Gasteiger partial charge in [0.2, 0.25) is 10.0 Å². The summed E-state index contributed by atoms with van der Waals surface area (Å²) < 4.78 is 27.5. The first-order valence-corrected chi connectivity index (χ1v) is 8.67. The van der Waals surface area contributed by atoms with Gasteiger partial charge in [0, 0.05) is 17.6 Å². The van der Waals surface area contributed by atoms with Crippen LogP contribution in [-0.4, -0.2) is 39.4 Å². The van der Waals surface area contributed by atoms with E-state index < -0.39 is 10.0 Å². The molecule has 0 aliphatic carbocycles. The maximum absolute atomic E-state index is 12.6. The summed E-state index contributed by atoms with van der Waals surface area (Å²) in [6, 6.07) is 6.91. The Balaban J connectivity index is 2.19. The molecule has 1 heterocycles. The second-order valence-electron chi connectivity index (χ2n) is 4.89. The van der Waals surface area contributed by atoms with Gasteiger partial charge in [0.1, 0.15) is 0 Å². The van der Waals surface area contributed by atoms with Gasteiger partial charge in [-0.05, 0) is 50.6 Å². The van der Waals surface area contributed by atoms with E-state index >= 15 is 0 Å². The third-order valence-corrected chi connectivity index (χ3v) is 5.76. The van der Waals surface area contributed by atoms with E-state index in [9.17, 15) is 8.42 Å². The van der Waals surface area contributed by atoms with E-state index in [1.54, 1.807) is 22.5 Å². The normalized spacial score (nSPS) is 21.5. The van der Waals surface area contributed by atoms with Crippen molar-refractivity contribution in [1.82, 2.24) is 9.62 Å². The highest BCUT2D eigenvalue weighted by molar-refractivity contribution is 9.10. The number of nitrogens with zero attached hydrogens (tertiary/aromatic N) is 1. The summed E-state index contributed by atoms with van der Waals surface area (Å²) in [4.78, 5) is 0.368. The van der Waals surface area contributed by atoms with Crippen LogP contribution in [0.3, 0.4) is 0 Å². The summed E-state index contributed by atoms with van der Waals surface area (Å²) in [6.45, 7) is 2.09. The molecule has 1 N–H and O–H groups in total. The molecule has 19 heavy (non-hydrogen) atoms. The van der Waals surface area contributed by atoms with Gasteiger partial charge in [0.05, 0.1) is 4.90 Å². The van der Waals surface area contributed by atoms with Crippen LogP contribution in [0.2, 0.25) is 0 Å². The average Bonchev–Trinajstić information content (AvgIpc) is 2.39. The molecular weight excluding hydrogens is 328 g/mol. The Morgan fingerprint density at radius 1 is 1.47 bits per heavy atom. The molecule has 1 atom stereocenters. The third-order valence-electron chi connectivity index (χ3n) is 3.41.